The van der Waals surface area contributed by atoms with Gasteiger partial charge in [-0.25, -0.2) is 0 Å². The number of guanidine groups is 1. The summed E-state index contributed by atoms with van der Waals surface area (Å²) >= 11 is 0. The lowest BCUT2D eigenvalue weighted by molar-refractivity contribution is -0.128. The lowest BCUT2D eigenvalue weighted by Crippen LogP contribution is -2.51. The number of nitrogens with zero attached hydrogens (tertiary/aromatic N) is 1. The molecule has 154 valence electrons. The molecule has 0 aliphatic heterocycles. The van der Waals surface area contributed by atoms with Gasteiger partial charge in [-0.3, -0.25) is 14.6 Å². The highest BCUT2D eigenvalue weighted by Crippen LogP contribution is 2.19. The number of nitrogens with one attached hydrogen (secondary N) is 1. The van der Waals surface area contributed by atoms with Gasteiger partial charge in [0.15, 0.2) is 5.96 Å². The van der Waals surface area contributed by atoms with Crippen LogP contribution in [-0.2, 0) is 16.0 Å². The van der Waals surface area contributed by atoms with Crippen molar-refractivity contribution in [1.29, 1.82) is 0 Å². The van der Waals surface area contributed by atoms with Crippen molar-refractivity contribution in [1.82, 2.24) is 5.32 Å². The lowest BCUT2D eigenvalue weighted by Gasteiger charge is -2.18. The van der Waals surface area contributed by atoms with Gasteiger partial charge in [0.05, 0.1) is 6.04 Å². The quantitative estimate of drug-likeness (QED) is 0.220. The molecule has 2 aromatic rings. The number of nitrogens with two attached hydrogens (primary N) is 4. The zero-order chi connectivity index (χ0) is 21.2. The predicted molar refractivity (Wildman–Crippen MR) is 115 cm³/mol. The first-order chi connectivity index (χ1) is 13.9. The molecule has 8 nitrogen and oxygen atoms in total. The highest BCUT2D eigenvalue weighted by Gasteiger charge is 2.21. The average molecular weight is 396 g/mol. The van der Waals surface area contributed by atoms with E-state index in [-0.39, 0.29) is 5.96 Å². The van der Waals surface area contributed by atoms with Crippen molar-refractivity contribution in [2.75, 3.05) is 6.54 Å². The number of benzene rings is 2. The fraction of sp³-hybridized carbons (Fsp3) is 0.286. The van der Waals surface area contributed by atoms with E-state index in [0.29, 0.717) is 25.8 Å². The maximum absolute atomic E-state index is 12.4. The molecular formula is C21H28N6O2. The molecule has 9 N–H and O–H groups in total. The molecule has 8 heteroatoms. The average Bonchev–Trinajstić information content (AvgIpc) is 2.71. The summed E-state index contributed by atoms with van der Waals surface area (Å²) in [6.07, 6.45) is 1.18. The highest BCUT2D eigenvalue weighted by molar-refractivity contribution is 5.89. The number of primary amides is 1. The monoisotopic (exact) mass is 396 g/mol. The summed E-state index contributed by atoms with van der Waals surface area (Å²) in [5.74, 6) is -1.07. The van der Waals surface area contributed by atoms with E-state index in [0.717, 1.165) is 16.7 Å². The van der Waals surface area contributed by atoms with E-state index in [9.17, 15) is 9.59 Å². The second kappa shape index (κ2) is 10.8. The topological polar surface area (TPSA) is 163 Å². The van der Waals surface area contributed by atoms with Crippen LogP contribution in [0.25, 0.3) is 11.1 Å². The Balaban J connectivity index is 1.89. The summed E-state index contributed by atoms with van der Waals surface area (Å²) in [7, 11) is 0. The normalized spacial score (nSPS) is 12.6. The Hall–Kier alpha value is -3.39. The predicted octanol–water partition coefficient (Wildman–Crippen LogP) is 0.247. The van der Waals surface area contributed by atoms with E-state index in [4.69, 9.17) is 22.9 Å². The SMILES string of the molecule is NC(=O)C(CCCN=C(N)N)NC(=O)C(N)Cc1ccc(-c2ccccc2)cc1. The molecule has 2 aromatic carbocycles. The van der Waals surface area contributed by atoms with E-state index < -0.39 is 23.9 Å². The Morgan fingerprint density at radius 3 is 2.14 bits per heavy atom. The summed E-state index contributed by atoms with van der Waals surface area (Å²) < 4.78 is 0. The van der Waals surface area contributed by atoms with Crippen molar-refractivity contribution < 1.29 is 9.59 Å². The van der Waals surface area contributed by atoms with Gasteiger partial charge in [-0.2, -0.15) is 0 Å². The van der Waals surface area contributed by atoms with Crippen molar-refractivity contribution in [2.24, 2.45) is 27.9 Å². The highest BCUT2D eigenvalue weighted by atomic mass is 16.2. The van der Waals surface area contributed by atoms with Gasteiger partial charge >= 0.3 is 0 Å². The van der Waals surface area contributed by atoms with E-state index in [1.54, 1.807) is 0 Å². The lowest BCUT2D eigenvalue weighted by atomic mass is 10.0. The van der Waals surface area contributed by atoms with Crippen molar-refractivity contribution in [3.05, 3.63) is 60.2 Å². The van der Waals surface area contributed by atoms with Crippen LogP contribution in [0.1, 0.15) is 18.4 Å². The number of amides is 2. The van der Waals surface area contributed by atoms with Crippen LogP contribution in [0.3, 0.4) is 0 Å². The van der Waals surface area contributed by atoms with Crippen molar-refractivity contribution in [3.8, 4) is 11.1 Å². The Kier molecular flexibility index (Phi) is 8.17. The van der Waals surface area contributed by atoms with Crippen LogP contribution >= 0.6 is 0 Å². The van der Waals surface area contributed by atoms with Crippen LogP contribution in [0, 0.1) is 0 Å². The van der Waals surface area contributed by atoms with Crippen LogP contribution in [0.15, 0.2) is 59.6 Å². The fourth-order valence-electron chi connectivity index (χ4n) is 2.88. The Morgan fingerprint density at radius 1 is 0.931 bits per heavy atom. The summed E-state index contributed by atoms with van der Waals surface area (Å²) in [4.78, 5) is 27.8. The number of carbonyl (C=O) groups is 2. The summed E-state index contributed by atoms with van der Waals surface area (Å²) in [5, 5.41) is 2.61. The number of rotatable bonds is 10. The molecule has 0 aliphatic carbocycles. The molecule has 0 aliphatic rings. The summed E-state index contributed by atoms with van der Waals surface area (Å²) in [6.45, 7) is 0.349. The van der Waals surface area contributed by atoms with Crippen molar-refractivity contribution >= 4 is 17.8 Å². The van der Waals surface area contributed by atoms with E-state index >= 15 is 0 Å². The zero-order valence-electron chi connectivity index (χ0n) is 16.3. The molecule has 0 aromatic heterocycles. The van der Waals surface area contributed by atoms with Gasteiger partial charge in [0, 0.05) is 6.54 Å². The van der Waals surface area contributed by atoms with Crippen LogP contribution in [0.4, 0.5) is 0 Å². The van der Waals surface area contributed by atoms with Gasteiger partial charge in [0.25, 0.3) is 0 Å². The number of carbonyl (C=O) groups excluding carboxylic acids is 2. The number of aliphatic imine (C=N–C) groups is 1. The first-order valence-electron chi connectivity index (χ1n) is 9.42. The Bertz CT molecular complexity index is 832. The third kappa shape index (κ3) is 7.27. The molecule has 0 saturated carbocycles. The van der Waals surface area contributed by atoms with Gasteiger partial charge in [-0.05, 0) is 36.0 Å². The largest absolute Gasteiger partial charge is 0.370 e. The first-order valence-corrected chi connectivity index (χ1v) is 9.42. The minimum absolute atomic E-state index is 0.0232. The van der Waals surface area contributed by atoms with Gasteiger partial charge in [0.2, 0.25) is 11.8 Å². The molecule has 29 heavy (non-hydrogen) atoms. The smallest absolute Gasteiger partial charge is 0.240 e. The minimum atomic E-state index is -0.816. The third-order valence-electron chi connectivity index (χ3n) is 4.46. The van der Waals surface area contributed by atoms with Crippen molar-refractivity contribution in [3.63, 3.8) is 0 Å². The minimum Gasteiger partial charge on any atom is -0.370 e. The van der Waals surface area contributed by atoms with Gasteiger partial charge in [-0.15, -0.1) is 0 Å². The molecule has 0 bridgehead atoms. The van der Waals surface area contributed by atoms with E-state index in [2.05, 4.69) is 10.3 Å². The van der Waals surface area contributed by atoms with Gasteiger partial charge in [-0.1, -0.05) is 54.6 Å². The Morgan fingerprint density at radius 2 is 1.55 bits per heavy atom. The summed E-state index contributed by atoms with van der Waals surface area (Å²) in [5.41, 5.74) is 25.0. The molecule has 2 amide bonds. The fourth-order valence-corrected chi connectivity index (χ4v) is 2.88. The molecule has 0 radical (unpaired) electrons. The molecule has 2 unspecified atom stereocenters. The van der Waals surface area contributed by atoms with E-state index in [1.807, 2.05) is 54.6 Å². The molecule has 2 rings (SSSR count). The molecule has 0 fully saturated rings. The second-order valence-corrected chi connectivity index (χ2v) is 6.79. The maximum atomic E-state index is 12.4. The first kappa shape index (κ1) is 21.9. The number of hydrogen-bond acceptors (Lipinski definition) is 4. The van der Waals surface area contributed by atoms with Crippen LogP contribution in [-0.4, -0.2) is 36.4 Å². The van der Waals surface area contributed by atoms with Crippen LogP contribution in [0.2, 0.25) is 0 Å². The van der Waals surface area contributed by atoms with Crippen LogP contribution < -0.4 is 28.3 Å². The van der Waals surface area contributed by atoms with Crippen molar-refractivity contribution in [2.45, 2.75) is 31.3 Å². The van der Waals surface area contributed by atoms with Gasteiger partial charge < -0.3 is 28.3 Å². The van der Waals surface area contributed by atoms with Crippen LogP contribution in [0.5, 0.6) is 0 Å². The molecule has 0 spiro atoms. The number of hydrogen-bond donors (Lipinski definition) is 5. The molecule has 2 atom stereocenters. The second-order valence-electron chi connectivity index (χ2n) is 6.79. The third-order valence-corrected chi connectivity index (χ3v) is 4.46. The maximum Gasteiger partial charge on any atom is 0.240 e. The Labute approximate surface area is 170 Å². The zero-order valence-corrected chi connectivity index (χ0v) is 16.3. The molecule has 0 saturated heterocycles. The van der Waals surface area contributed by atoms with Gasteiger partial charge in [0.1, 0.15) is 6.04 Å². The summed E-state index contributed by atoms with van der Waals surface area (Å²) in [6, 6.07) is 16.3. The standard InChI is InChI=1S/C21H28N6O2/c22-17(20(29)27-18(19(23)28)7-4-12-26-21(24)25)13-14-8-10-16(11-9-14)15-5-2-1-3-6-15/h1-3,5-6,8-11,17-18H,4,7,12-13,22H2,(H2,23,28)(H,27,29)(H4,24,25,26). The molecule has 0 heterocycles. The van der Waals surface area contributed by atoms with E-state index in [1.165, 1.54) is 0 Å². The molecular weight excluding hydrogens is 368 g/mol.